The Balaban J connectivity index is 1.70. The molecule has 0 fully saturated rings. The summed E-state index contributed by atoms with van der Waals surface area (Å²) in [5.74, 6) is 0.112. The van der Waals surface area contributed by atoms with Crippen LogP contribution in [0.3, 0.4) is 0 Å². The van der Waals surface area contributed by atoms with Gasteiger partial charge in [-0.05, 0) is 55.2 Å². The Hall–Kier alpha value is -2.69. The van der Waals surface area contributed by atoms with E-state index in [0.717, 1.165) is 47.6 Å². The van der Waals surface area contributed by atoms with Crippen molar-refractivity contribution in [2.75, 3.05) is 16.8 Å². The summed E-state index contributed by atoms with van der Waals surface area (Å²) < 4.78 is 0. The van der Waals surface area contributed by atoms with E-state index in [1.165, 1.54) is 0 Å². The number of hydrogen-bond acceptors (Lipinski definition) is 3. The van der Waals surface area contributed by atoms with Crippen LogP contribution in [0.25, 0.3) is 0 Å². The van der Waals surface area contributed by atoms with Crippen LogP contribution in [0.2, 0.25) is 0 Å². The van der Waals surface area contributed by atoms with E-state index >= 15 is 0 Å². The summed E-state index contributed by atoms with van der Waals surface area (Å²) in [4.78, 5) is 30.4. The van der Waals surface area contributed by atoms with Crippen molar-refractivity contribution in [2.24, 2.45) is 0 Å². The number of anilines is 2. The smallest absolute Gasteiger partial charge is 0.228 e. The molecule has 25 heavy (non-hydrogen) atoms. The second kappa shape index (κ2) is 7.47. The summed E-state index contributed by atoms with van der Waals surface area (Å²) in [6.07, 6.45) is 4.20. The van der Waals surface area contributed by atoms with E-state index in [9.17, 15) is 9.59 Å². The van der Waals surface area contributed by atoms with Crippen molar-refractivity contribution < 1.29 is 9.59 Å². The lowest BCUT2D eigenvalue weighted by Gasteiger charge is -2.29. The molecule has 0 unspecified atom stereocenters. The molecule has 2 amide bonds. The van der Waals surface area contributed by atoms with Gasteiger partial charge in [0.2, 0.25) is 11.8 Å². The number of nitrogens with zero attached hydrogens (tertiary/aromatic N) is 2. The molecule has 5 nitrogen and oxygen atoms in total. The van der Waals surface area contributed by atoms with Crippen LogP contribution in [0.15, 0.2) is 36.5 Å². The van der Waals surface area contributed by atoms with Crippen molar-refractivity contribution in [1.82, 2.24) is 4.98 Å². The van der Waals surface area contributed by atoms with Crippen molar-refractivity contribution in [3.8, 4) is 0 Å². The average Bonchev–Trinajstić information content (AvgIpc) is 2.59. The first-order valence-corrected chi connectivity index (χ1v) is 8.71. The van der Waals surface area contributed by atoms with Gasteiger partial charge < -0.3 is 10.2 Å². The van der Waals surface area contributed by atoms with Crippen LogP contribution in [-0.2, 0) is 22.4 Å². The lowest BCUT2D eigenvalue weighted by atomic mass is 10.00. The fraction of sp³-hybridized carbons (Fsp3) is 0.350. The van der Waals surface area contributed by atoms with Crippen LogP contribution in [0, 0.1) is 6.92 Å². The van der Waals surface area contributed by atoms with Gasteiger partial charge in [-0.2, -0.15) is 0 Å². The minimum Gasteiger partial charge on any atom is -0.326 e. The van der Waals surface area contributed by atoms with E-state index in [2.05, 4.69) is 17.2 Å². The summed E-state index contributed by atoms with van der Waals surface area (Å²) in [5.41, 5.74) is 4.68. The molecule has 0 spiro atoms. The number of carbonyl (C=O) groups is 2. The van der Waals surface area contributed by atoms with Gasteiger partial charge in [-0.1, -0.05) is 13.0 Å². The Morgan fingerprint density at radius 2 is 2.08 bits per heavy atom. The summed E-state index contributed by atoms with van der Waals surface area (Å²) in [5, 5.41) is 2.94. The van der Waals surface area contributed by atoms with Gasteiger partial charge in [-0.15, -0.1) is 0 Å². The highest BCUT2D eigenvalue weighted by atomic mass is 16.2. The second-order valence-electron chi connectivity index (χ2n) is 6.42. The number of nitrogens with one attached hydrogen (secondary N) is 1. The average molecular weight is 337 g/mol. The molecule has 0 bridgehead atoms. The number of hydrogen-bond donors (Lipinski definition) is 1. The van der Waals surface area contributed by atoms with E-state index < -0.39 is 0 Å². The lowest BCUT2D eigenvalue weighted by molar-refractivity contribution is -0.119. The fourth-order valence-electron chi connectivity index (χ4n) is 3.10. The first-order chi connectivity index (χ1) is 12.1. The van der Waals surface area contributed by atoms with Crippen molar-refractivity contribution in [2.45, 2.75) is 39.5 Å². The molecule has 0 saturated carbocycles. The molecule has 5 heteroatoms. The molecule has 1 aliphatic rings. The van der Waals surface area contributed by atoms with Gasteiger partial charge in [0.15, 0.2) is 0 Å². The molecule has 0 saturated heterocycles. The van der Waals surface area contributed by atoms with Gasteiger partial charge in [-0.25, -0.2) is 0 Å². The molecule has 1 aromatic heterocycles. The number of rotatable bonds is 5. The van der Waals surface area contributed by atoms with Crippen molar-refractivity contribution in [3.05, 3.63) is 53.3 Å². The highest BCUT2D eigenvalue weighted by molar-refractivity contribution is 5.97. The quantitative estimate of drug-likeness (QED) is 0.911. The van der Waals surface area contributed by atoms with Crippen LogP contribution in [0.4, 0.5) is 11.4 Å². The minimum absolute atomic E-state index is 0.0668. The Morgan fingerprint density at radius 3 is 2.80 bits per heavy atom. The maximum Gasteiger partial charge on any atom is 0.228 e. The molecule has 1 aliphatic heterocycles. The Bertz CT molecular complexity index is 784. The monoisotopic (exact) mass is 337 g/mol. The number of fused-ring (bicyclic) bond motifs is 1. The van der Waals surface area contributed by atoms with E-state index in [0.29, 0.717) is 12.8 Å². The fourth-order valence-corrected chi connectivity index (χ4v) is 3.10. The van der Waals surface area contributed by atoms with Gasteiger partial charge in [0, 0.05) is 36.2 Å². The molecular weight excluding hydrogens is 314 g/mol. The normalized spacial score (nSPS) is 13.5. The van der Waals surface area contributed by atoms with Crippen LogP contribution in [0.1, 0.15) is 36.6 Å². The largest absolute Gasteiger partial charge is 0.326 e. The Morgan fingerprint density at radius 1 is 1.24 bits per heavy atom. The maximum atomic E-state index is 12.3. The first kappa shape index (κ1) is 17.1. The first-order valence-electron chi connectivity index (χ1n) is 8.71. The predicted octanol–water partition coefficient (Wildman–Crippen LogP) is 3.26. The highest BCUT2D eigenvalue weighted by Crippen LogP contribution is 2.30. The van der Waals surface area contributed by atoms with E-state index in [4.69, 9.17) is 0 Å². The molecule has 1 aromatic carbocycles. The van der Waals surface area contributed by atoms with Crippen LogP contribution >= 0.6 is 0 Å². The topological polar surface area (TPSA) is 62.3 Å². The van der Waals surface area contributed by atoms with E-state index in [-0.39, 0.29) is 11.8 Å². The van der Waals surface area contributed by atoms with Crippen LogP contribution < -0.4 is 10.2 Å². The summed E-state index contributed by atoms with van der Waals surface area (Å²) in [6.45, 7) is 4.72. The minimum atomic E-state index is -0.0668. The molecule has 0 atom stereocenters. The van der Waals surface area contributed by atoms with Crippen molar-refractivity contribution in [1.29, 1.82) is 0 Å². The third-order valence-electron chi connectivity index (χ3n) is 4.35. The summed E-state index contributed by atoms with van der Waals surface area (Å²) in [6, 6.07) is 9.61. The van der Waals surface area contributed by atoms with Gasteiger partial charge in [0.25, 0.3) is 0 Å². The summed E-state index contributed by atoms with van der Waals surface area (Å²) >= 11 is 0. The standard InChI is InChI=1S/C20H23N3O2/c1-3-10-23-18-8-7-17(12-16(18)6-9-20(23)25)22-19(24)11-15-5-4-14(2)21-13-15/h4-5,7-8,12-13H,3,6,9-11H2,1-2H3,(H,22,24). The molecule has 0 radical (unpaired) electrons. The van der Waals surface area contributed by atoms with Gasteiger partial charge >= 0.3 is 0 Å². The van der Waals surface area contributed by atoms with Crippen LogP contribution in [0.5, 0.6) is 0 Å². The third kappa shape index (κ3) is 4.05. The molecule has 2 heterocycles. The maximum absolute atomic E-state index is 12.3. The second-order valence-corrected chi connectivity index (χ2v) is 6.42. The van der Waals surface area contributed by atoms with E-state index in [1.807, 2.05) is 42.2 Å². The number of aryl methyl sites for hydroxylation is 2. The van der Waals surface area contributed by atoms with E-state index in [1.54, 1.807) is 6.20 Å². The number of pyridine rings is 1. The number of carbonyl (C=O) groups excluding carboxylic acids is 2. The Kier molecular flexibility index (Phi) is 5.12. The number of aromatic nitrogens is 1. The van der Waals surface area contributed by atoms with Crippen molar-refractivity contribution in [3.63, 3.8) is 0 Å². The van der Waals surface area contributed by atoms with Gasteiger partial charge in [0.05, 0.1) is 6.42 Å². The molecule has 130 valence electrons. The lowest BCUT2D eigenvalue weighted by Crippen LogP contribution is -2.35. The van der Waals surface area contributed by atoms with Gasteiger partial charge in [0.1, 0.15) is 0 Å². The summed E-state index contributed by atoms with van der Waals surface area (Å²) in [7, 11) is 0. The molecular formula is C20H23N3O2. The molecule has 0 aliphatic carbocycles. The SMILES string of the molecule is CCCN1C(=O)CCc2cc(NC(=O)Cc3ccc(C)nc3)ccc21. The predicted molar refractivity (Wildman–Crippen MR) is 98.7 cm³/mol. The highest BCUT2D eigenvalue weighted by Gasteiger charge is 2.23. The van der Waals surface area contributed by atoms with Gasteiger partial charge in [-0.3, -0.25) is 14.6 Å². The third-order valence-corrected chi connectivity index (χ3v) is 4.35. The molecule has 3 rings (SSSR count). The number of benzene rings is 1. The zero-order chi connectivity index (χ0) is 17.8. The zero-order valence-electron chi connectivity index (χ0n) is 14.7. The van der Waals surface area contributed by atoms with Crippen molar-refractivity contribution >= 4 is 23.2 Å². The Labute approximate surface area is 148 Å². The number of amides is 2. The molecule has 2 aromatic rings. The molecule has 1 N–H and O–H groups in total. The van der Waals surface area contributed by atoms with Crippen LogP contribution in [-0.4, -0.2) is 23.3 Å². The zero-order valence-corrected chi connectivity index (χ0v) is 14.7.